The van der Waals surface area contributed by atoms with Gasteiger partial charge in [-0.05, 0) is 39.8 Å². The standard InChI is InChI=1S/C15H22N2O4/c1-9(13(18)17-15(2,3)4)21-14(19)10-7-6-8-11(20-5)12(10)16/h6-9H,16H2,1-5H3,(H,17,18). The van der Waals surface area contributed by atoms with E-state index in [0.29, 0.717) is 5.75 Å². The number of amides is 1. The predicted octanol–water partition coefficient (Wildman–Crippen LogP) is 1.74. The Morgan fingerprint density at radius 3 is 2.43 bits per heavy atom. The van der Waals surface area contributed by atoms with Crippen molar-refractivity contribution < 1.29 is 19.1 Å². The van der Waals surface area contributed by atoms with Gasteiger partial charge in [-0.2, -0.15) is 0 Å². The van der Waals surface area contributed by atoms with Crippen LogP contribution in [-0.2, 0) is 9.53 Å². The van der Waals surface area contributed by atoms with E-state index in [-0.39, 0.29) is 17.2 Å². The molecule has 0 aliphatic rings. The van der Waals surface area contributed by atoms with E-state index in [1.807, 2.05) is 20.8 Å². The summed E-state index contributed by atoms with van der Waals surface area (Å²) in [5.74, 6) is -0.642. The molecule has 3 N–H and O–H groups in total. The second kappa shape index (κ2) is 6.47. The van der Waals surface area contributed by atoms with Gasteiger partial charge in [-0.15, -0.1) is 0 Å². The second-order valence-electron chi connectivity index (χ2n) is 5.71. The molecule has 0 fully saturated rings. The molecule has 1 rings (SSSR count). The molecular weight excluding hydrogens is 272 g/mol. The van der Waals surface area contributed by atoms with Crippen molar-refractivity contribution in [2.24, 2.45) is 0 Å². The van der Waals surface area contributed by atoms with E-state index in [9.17, 15) is 9.59 Å². The molecule has 1 amide bonds. The highest BCUT2D eigenvalue weighted by atomic mass is 16.5. The second-order valence-corrected chi connectivity index (χ2v) is 5.71. The summed E-state index contributed by atoms with van der Waals surface area (Å²) >= 11 is 0. The molecule has 1 aromatic carbocycles. The lowest BCUT2D eigenvalue weighted by Gasteiger charge is -2.23. The van der Waals surface area contributed by atoms with Crippen LogP contribution in [-0.4, -0.2) is 30.6 Å². The molecule has 0 heterocycles. The maximum Gasteiger partial charge on any atom is 0.341 e. The summed E-state index contributed by atoms with van der Waals surface area (Å²) in [4.78, 5) is 24.0. The van der Waals surface area contributed by atoms with E-state index < -0.39 is 17.6 Å². The Balaban J connectivity index is 2.80. The lowest BCUT2D eigenvalue weighted by Crippen LogP contribution is -2.46. The van der Waals surface area contributed by atoms with Crippen LogP contribution in [0.15, 0.2) is 18.2 Å². The Labute approximate surface area is 124 Å². The van der Waals surface area contributed by atoms with Gasteiger partial charge in [0.2, 0.25) is 0 Å². The third-order valence-corrected chi connectivity index (χ3v) is 2.66. The lowest BCUT2D eigenvalue weighted by atomic mass is 10.1. The first-order chi connectivity index (χ1) is 9.65. The number of nitrogen functional groups attached to an aromatic ring is 1. The molecule has 6 heteroatoms. The van der Waals surface area contributed by atoms with Crippen LogP contribution in [0.3, 0.4) is 0 Å². The number of hydrogen-bond acceptors (Lipinski definition) is 5. The Kier molecular flexibility index (Phi) is 5.18. The van der Waals surface area contributed by atoms with Crippen molar-refractivity contribution in [1.29, 1.82) is 0 Å². The number of benzene rings is 1. The van der Waals surface area contributed by atoms with Gasteiger partial charge in [-0.1, -0.05) is 6.07 Å². The molecule has 0 bridgehead atoms. The Bertz CT molecular complexity index is 535. The maximum atomic E-state index is 12.1. The lowest BCUT2D eigenvalue weighted by molar-refractivity contribution is -0.130. The molecule has 1 unspecified atom stereocenters. The third-order valence-electron chi connectivity index (χ3n) is 2.66. The summed E-state index contributed by atoms with van der Waals surface area (Å²) in [6, 6.07) is 4.79. The topological polar surface area (TPSA) is 90.6 Å². The molecule has 1 atom stereocenters. The zero-order valence-corrected chi connectivity index (χ0v) is 13.0. The van der Waals surface area contributed by atoms with Crippen molar-refractivity contribution in [3.63, 3.8) is 0 Å². The predicted molar refractivity (Wildman–Crippen MR) is 80.2 cm³/mol. The highest BCUT2D eigenvalue weighted by molar-refractivity contribution is 5.98. The Morgan fingerprint density at radius 1 is 1.29 bits per heavy atom. The highest BCUT2D eigenvalue weighted by Crippen LogP contribution is 2.25. The number of nitrogens with two attached hydrogens (primary N) is 1. The average Bonchev–Trinajstić information content (AvgIpc) is 2.36. The summed E-state index contributed by atoms with van der Waals surface area (Å²) in [5, 5.41) is 2.74. The molecule has 1 aromatic rings. The van der Waals surface area contributed by atoms with Gasteiger partial charge in [0.25, 0.3) is 5.91 Å². The quantitative estimate of drug-likeness (QED) is 0.652. The molecule has 0 spiro atoms. The van der Waals surface area contributed by atoms with Crippen LogP contribution in [0.2, 0.25) is 0 Å². The summed E-state index contributed by atoms with van der Waals surface area (Å²) in [6.07, 6.45) is -0.915. The van der Waals surface area contributed by atoms with Crippen LogP contribution in [0.25, 0.3) is 0 Å². The number of nitrogens with one attached hydrogen (secondary N) is 1. The molecule has 0 aromatic heterocycles. The summed E-state index contributed by atoms with van der Waals surface area (Å²) in [7, 11) is 1.46. The maximum absolute atomic E-state index is 12.1. The molecular formula is C15H22N2O4. The molecule has 0 aliphatic heterocycles. The van der Waals surface area contributed by atoms with Gasteiger partial charge in [0.1, 0.15) is 5.75 Å². The summed E-state index contributed by atoms with van der Waals surface area (Å²) in [6.45, 7) is 7.05. The zero-order chi connectivity index (χ0) is 16.2. The van der Waals surface area contributed by atoms with Crippen LogP contribution < -0.4 is 15.8 Å². The molecule has 0 radical (unpaired) electrons. The first kappa shape index (κ1) is 16.8. The van der Waals surface area contributed by atoms with Gasteiger partial charge < -0.3 is 20.5 Å². The number of hydrogen-bond donors (Lipinski definition) is 2. The summed E-state index contributed by atoms with van der Waals surface area (Å²) < 4.78 is 10.2. The zero-order valence-electron chi connectivity index (χ0n) is 13.0. The van der Waals surface area contributed by atoms with E-state index in [1.54, 1.807) is 12.1 Å². The van der Waals surface area contributed by atoms with Crippen LogP contribution in [0.5, 0.6) is 5.75 Å². The first-order valence-corrected chi connectivity index (χ1v) is 6.61. The minimum atomic E-state index is -0.915. The highest BCUT2D eigenvalue weighted by Gasteiger charge is 2.24. The average molecular weight is 294 g/mol. The fourth-order valence-electron chi connectivity index (χ4n) is 1.65. The van der Waals surface area contributed by atoms with Crippen molar-refractivity contribution in [1.82, 2.24) is 5.32 Å². The number of methoxy groups -OCH3 is 1. The number of carbonyl (C=O) groups is 2. The van der Waals surface area contributed by atoms with Crippen LogP contribution in [0.1, 0.15) is 38.1 Å². The van der Waals surface area contributed by atoms with Crippen molar-refractivity contribution in [2.45, 2.75) is 39.3 Å². The van der Waals surface area contributed by atoms with Gasteiger partial charge in [-0.25, -0.2) is 4.79 Å². The van der Waals surface area contributed by atoms with Gasteiger partial charge in [0.05, 0.1) is 18.4 Å². The van der Waals surface area contributed by atoms with E-state index in [2.05, 4.69) is 5.32 Å². The number of ether oxygens (including phenoxy) is 2. The molecule has 0 aliphatic carbocycles. The SMILES string of the molecule is COc1cccc(C(=O)OC(C)C(=O)NC(C)(C)C)c1N. The normalized spacial score (nSPS) is 12.4. The van der Waals surface area contributed by atoms with E-state index in [4.69, 9.17) is 15.2 Å². The van der Waals surface area contributed by atoms with E-state index >= 15 is 0 Å². The number of para-hydroxylation sites is 1. The number of anilines is 1. The van der Waals surface area contributed by atoms with Gasteiger partial charge in [0.15, 0.2) is 6.10 Å². The smallest absolute Gasteiger partial charge is 0.341 e. The van der Waals surface area contributed by atoms with Crippen molar-refractivity contribution in [2.75, 3.05) is 12.8 Å². The van der Waals surface area contributed by atoms with Gasteiger partial charge >= 0.3 is 5.97 Å². The molecule has 116 valence electrons. The van der Waals surface area contributed by atoms with Crippen molar-refractivity contribution in [3.05, 3.63) is 23.8 Å². The van der Waals surface area contributed by atoms with Crippen molar-refractivity contribution >= 4 is 17.6 Å². The summed E-state index contributed by atoms with van der Waals surface area (Å²) in [5.41, 5.74) is 5.79. The fraction of sp³-hybridized carbons (Fsp3) is 0.467. The van der Waals surface area contributed by atoms with Crippen LogP contribution >= 0.6 is 0 Å². The minimum Gasteiger partial charge on any atom is -0.495 e. The van der Waals surface area contributed by atoms with Crippen LogP contribution in [0, 0.1) is 0 Å². The van der Waals surface area contributed by atoms with Crippen molar-refractivity contribution in [3.8, 4) is 5.75 Å². The van der Waals surface area contributed by atoms with Gasteiger partial charge in [-0.3, -0.25) is 4.79 Å². The Hall–Kier alpha value is -2.24. The largest absolute Gasteiger partial charge is 0.495 e. The minimum absolute atomic E-state index is 0.171. The molecule has 6 nitrogen and oxygen atoms in total. The molecule has 0 saturated carbocycles. The van der Waals surface area contributed by atoms with E-state index in [1.165, 1.54) is 20.1 Å². The van der Waals surface area contributed by atoms with E-state index in [0.717, 1.165) is 0 Å². The number of rotatable bonds is 4. The Morgan fingerprint density at radius 2 is 1.90 bits per heavy atom. The monoisotopic (exact) mass is 294 g/mol. The number of esters is 1. The molecule has 21 heavy (non-hydrogen) atoms. The van der Waals surface area contributed by atoms with Crippen LogP contribution in [0.4, 0.5) is 5.69 Å². The fourth-order valence-corrected chi connectivity index (χ4v) is 1.65. The third kappa shape index (κ3) is 4.66. The van der Waals surface area contributed by atoms with Gasteiger partial charge in [0, 0.05) is 5.54 Å². The first-order valence-electron chi connectivity index (χ1n) is 6.61. The number of carbonyl (C=O) groups excluding carboxylic acids is 2. The molecule has 0 saturated heterocycles.